The first kappa shape index (κ1) is 17.4. The van der Waals surface area contributed by atoms with E-state index in [9.17, 15) is 9.59 Å². The molecule has 7 heteroatoms. The second kappa shape index (κ2) is 7.06. The van der Waals surface area contributed by atoms with Crippen LogP contribution in [-0.4, -0.2) is 11.8 Å². The summed E-state index contributed by atoms with van der Waals surface area (Å²) in [5.41, 5.74) is -0.936. The van der Waals surface area contributed by atoms with Gasteiger partial charge in [0.2, 0.25) is 11.8 Å². The lowest BCUT2D eigenvalue weighted by Crippen LogP contribution is -2.44. The van der Waals surface area contributed by atoms with Gasteiger partial charge in [0.05, 0.1) is 28.5 Å². The summed E-state index contributed by atoms with van der Waals surface area (Å²) >= 11 is 11.9. The van der Waals surface area contributed by atoms with E-state index in [1.165, 1.54) is 20.1 Å². The Hall–Kier alpha value is -1.98. The molecule has 2 N–H and O–H groups in total. The number of anilines is 1. The molecule has 122 valence electrons. The largest absolute Gasteiger partial charge is 0.467 e. The molecule has 0 spiro atoms. The summed E-state index contributed by atoms with van der Waals surface area (Å²) in [5, 5.41) is 5.85. The van der Waals surface area contributed by atoms with Crippen molar-refractivity contribution in [3.63, 3.8) is 0 Å². The van der Waals surface area contributed by atoms with E-state index in [1.807, 2.05) is 0 Å². The van der Waals surface area contributed by atoms with Gasteiger partial charge in [-0.3, -0.25) is 9.59 Å². The van der Waals surface area contributed by atoms with Crippen LogP contribution in [-0.2, 0) is 16.1 Å². The van der Waals surface area contributed by atoms with Crippen molar-refractivity contribution in [3.8, 4) is 0 Å². The van der Waals surface area contributed by atoms with Gasteiger partial charge in [0, 0.05) is 0 Å². The molecule has 1 aromatic carbocycles. The molecule has 0 bridgehead atoms. The van der Waals surface area contributed by atoms with Gasteiger partial charge in [-0.15, -0.1) is 0 Å². The van der Waals surface area contributed by atoms with Crippen molar-refractivity contribution in [2.75, 3.05) is 5.32 Å². The topological polar surface area (TPSA) is 71.3 Å². The van der Waals surface area contributed by atoms with Gasteiger partial charge in [-0.05, 0) is 38.1 Å². The van der Waals surface area contributed by atoms with Crippen molar-refractivity contribution >= 4 is 40.7 Å². The quantitative estimate of drug-likeness (QED) is 0.800. The molecule has 0 saturated heterocycles. The molecule has 23 heavy (non-hydrogen) atoms. The van der Waals surface area contributed by atoms with Crippen molar-refractivity contribution in [1.29, 1.82) is 0 Å². The molecule has 0 radical (unpaired) electrons. The Morgan fingerprint density at radius 2 is 1.87 bits per heavy atom. The molecule has 1 aromatic heterocycles. The maximum Gasteiger partial charge on any atom is 0.239 e. The molecular weight excluding hydrogens is 339 g/mol. The zero-order chi connectivity index (χ0) is 17.0. The van der Waals surface area contributed by atoms with Crippen molar-refractivity contribution < 1.29 is 14.0 Å². The fraction of sp³-hybridized carbons (Fsp3) is 0.250. The van der Waals surface area contributed by atoms with Crippen LogP contribution in [0.15, 0.2) is 41.0 Å². The Balaban J connectivity index is 2.04. The van der Waals surface area contributed by atoms with Gasteiger partial charge in [-0.1, -0.05) is 29.3 Å². The molecule has 2 amide bonds. The van der Waals surface area contributed by atoms with Crippen LogP contribution in [0.4, 0.5) is 5.69 Å². The van der Waals surface area contributed by atoms with E-state index in [1.54, 1.807) is 30.3 Å². The first-order valence-electron chi connectivity index (χ1n) is 6.88. The molecule has 0 atom stereocenters. The van der Waals surface area contributed by atoms with Gasteiger partial charge >= 0.3 is 0 Å². The minimum absolute atomic E-state index is 0.209. The van der Waals surface area contributed by atoms with Crippen LogP contribution in [0.2, 0.25) is 10.0 Å². The molecule has 0 aliphatic carbocycles. The van der Waals surface area contributed by atoms with Crippen LogP contribution in [0.1, 0.15) is 19.6 Å². The third-order valence-electron chi connectivity index (χ3n) is 3.34. The summed E-state index contributed by atoms with van der Waals surface area (Å²) in [6.45, 7) is 3.26. The lowest BCUT2D eigenvalue weighted by Gasteiger charge is -2.23. The Bertz CT molecular complexity index is 712. The number of furan rings is 1. The lowest BCUT2D eigenvalue weighted by atomic mass is 9.91. The van der Waals surface area contributed by atoms with E-state index in [0.717, 1.165) is 0 Å². The van der Waals surface area contributed by atoms with Crippen LogP contribution in [0.25, 0.3) is 0 Å². The van der Waals surface area contributed by atoms with Crippen LogP contribution in [0, 0.1) is 5.41 Å². The highest BCUT2D eigenvalue weighted by atomic mass is 35.5. The smallest absolute Gasteiger partial charge is 0.239 e. The van der Waals surface area contributed by atoms with Gasteiger partial charge < -0.3 is 15.1 Å². The maximum absolute atomic E-state index is 12.4. The van der Waals surface area contributed by atoms with Crippen LogP contribution in [0.5, 0.6) is 0 Å². The minimum Gasteiger partial charge on any atom is -0.467 e. The molecule has 1 heterocycles. The maximum atomic E-state index is 12.4. The molecule has 0 fully saturated rings. The molecule has 2 aromatic rings. The molecule has 0 aliphatic heterocycles. The van der Waals surface area contributed by atoms with E-state index in [0.29, 0.717) is 16.5 Å². The number of hydrogen-bond acceptors (Lipinski definition) is 3. The normalized spacial score (nSPS) is 11.1. The minimum atomic E-state index is -1.29. The van der Waals surface area contributed by atoms with Gasteiger partial charge in [0.15, 0.2) is 0 Å². The highest BCUT2D eigenvalue weighted by Crippen LogP contribution is 2.30. The highest BCUT2D eigenvalue weighted by molar-refractivity contribution is 6.44. The van der Waals surface area contributed by atoms with Gasteiger partial charge in [-0.2, -0.15) is 0 Å². The van der Waals surface area contributed by atoms with Gasteiger partial charge in [0.25, 0.3) is 0 Å². The van der Waals surface area contributed by atoms with Crippen molar-refractivity contribution in [2.24, 2.45) is 5.41 Å². The van der Waals surface area contributed by atoms with E-state index in [4.69, 9.17) is 27.6 Å². The molecule has 5 nitrogen and oxygen atoms in total. The van der Waals surface area contributed by atoms with E-state index in [2.05, 4.69) is 10.6 Å². The van der Waals surface area contributed by atoms with Crippen LogP contribution >= 0.6 is 23.2 Å². The second-order valence-electron chi connectivity index (χ2n) is 5.44. The Labute approximate surface area is 144 Å². The van der Waals surface area contributed by atoms with Crippen LogP contribution < -0.4 is 10.6 Å². The highest BCUT2D eigenvalue weighted by Gasteiger charge is 2.36. The second-order valence-corrected chi connectivity index (χ2v) is 6.23. The average Bonchev–Trinajstić information content (AvgIpc) is 3.02. The monoisotopic (exact) mass is 354 g/mol. The van der Waals surface area contributed by atoms with Crippen LogP contribution in [0.3, 0.4) is 0 Å². The predicted octanol–water partition coefficient (Wildman–Crippen LogP) is 3.87. The predicted molar refractivity (Wildman–Crippen MR) is 89.4 cm³/mol. The summed E-state index contributed by atoms with van der Waals surface area (Å²) in [5.74, 6) is -0.310. The standard InChI is InChI=1S/C16H16Cl2N2O3/c1-16(2,14(21)19-9-10-5-4-8-23-10)15(22)20-12-7-3-6-11(17)13(12)18/h3-8H,9H2,1-2H3,(H,19,21)(H,20,22). The van der Waals surface area contributed by atoms with Crippen molar-refractivity contribution in [3.05, 3.63) is 52.4 Å². The Morgan fingerprint density at radius 3 is 2.52 bits per heavy atom. The molecule has 2 rings (SSSR count). The fourth-order valence-electron chi connectivity index (χ4n) is 1.78. The summed E-state index contributed by atoms with van der Waals surface area (Å²) in [6, 6.07) is 8.34. The van der Waals surface area contributed by atoms with E-state index < -0.39 is 17.2 Å². The lowest BCUT2D eigenvalue weighted by molar-refractivity contribution is -0.138. The Morgan fingerprint density at radius 1 is 1.13 bits per heavy atom. The summed E-state index contributed by atoms with van der Waals surface area (Å²) in [7, 11) is 0. The summed E-state index contributed by atoms with van der Waals surface area (Å²) in [6.07, 6.45) is 1.51. The fourth-order valence-corrected chi connectivity index (χ4v) is 2.13. The van der Waals surface area contributed by atoms with Gasteiger partial charge in [-0.25, -0.2) is 0 Å². The number of hydrogen-bond donors (Lipinski definition) is 2. The number of amides is 2. The van der Waals surface area contributed by atoms with Crippen molar-refractivity contribution in [2.45, 2.75) is 20.4 Å². The first-order chi connectivity index (χ1) is 10.8. The summed E-state index contributed by atoms with van der Waals surface area (Å²) in [4.78, 5) is 24.7. The number of halogens is 2. The molecule has 0 aliphatic rings. The molecular formula is C16H16Cl2N2O3. The number of carbonyl (C=O) groups is 2. The number of rotatable bonds is 5. The first-order valence-corrected chi connectivity index (χ1v) is 7.64. The van der Waals surface area contributed by atoms with E-state index in [-0.39, 0.29) is 11.6 Å². The Kier molecular flexibility index (Phi) is 5.34. The summed E-state index contributed by atoms with van der Waals surface area (Å²) < 4.78 is 5.13. The average molecular weight is 355 g/mol. The van der Waals surface area contributed by atoms with E-state index >= 15 is 0 Å². The zero-order valence-corrected chi connectivity index (χ0v) is 14.2. The zero-order valence-electron chi connectivity index (χ0n) is 12.7. The number of benzene rings is 1. The number of carbonyl (C=O) groups excluding carboxylic acids is 2. The SMILES string of the molecule is CC(C)(C(=O)NCc1ccco1)C(=O)Nc1cccc(Cl)c1Cl. The van der Waals surface area contributed by atoms with Crippen molar-refractivity contribution in [1.82, 2.24) is 5.32 Å². The molecule has 0 saturated carbocycles. The third-order valence-corrected chi connectivity index (χ3v) is 4.16. The number of nitrogens with one attached hydrogen (secondary N) is 2. The third kappa shape index (κ3) is 4.06. The van der Waals surface area contributed by atoms with Gasteiger partial charge in [0.1, 0.15) is 11.2 Å². The molecule has 0 unspecified atom stereocenters.